The van der Waals surface area contributed by atoms with Gasteiger partial charge in [0.1, 0.15) is 0 Å². The van der Waals surface area contributed by atoms with E-state index in [0.29, 0.717) is 0 Å². The van der Waals surface area contributed by atoms with Crippen molar-refractivity contribution < 1.29 is 0 Å². The van der Waals surface area contributed by atoms with Gasteiger partial charge in [-0.3, -0.25) is 0 Å². The molecule has 0 aliphatic heterocycles. The van der Waals surface area contributed by atoms with Crippen LogP contribution in [0.2, 0.25) is 0 Å². The van der Waals surface area contributed by atoms with E-state index < -0.39 is 0 Å². The summed E-state index contributed by atoms with van der Waals surface area (Å²) in [5.41, 5.74) is 0. The van der Waals surface area contributed by atoms with Gasteiger partial charge in [-0.15, -0.1) is 6.58 Å². The first-order valence-corrected chi connectivity index (χ1v) is 8.70. The average Bonchev–Trinajstić information content (AvgIpc) is 2.65. The van der Waals surface area contributed by atoms with E-state index in [0.717, 1.165) is 11.8 Å². The maximum absolute atomic E-state index is 3.81. The van der Waals surface area contributed by atoms with Gasteiger partial charge < -0.3 is 5.32 Å². The molecule has 1 N–H and O–H groups in total. The van der Waals surface area contributed by atoms with Gasteiger partial charge in [0.15, 0.2) is 0 Å². The lowest BCUT2D eigenvalue weighted by molar-refractivity contribution is 0.276. The third kappa shape index (κ3) is 7.77. The lowest BCUT2D eigenvalue weighted by Crippen LogP contribution is -2.28. The molecule has 0 aromatic heterocycles. The minimum Gasteiger partial charge on any atom is -0.316 e. The fraction of sp³-hybridized carbons (Fsp3) is 0.889. The highest BCUT2D eigenvalue weighted by Crippen LogP contribution is 2.32. The van der Waals surface area contributed by atoms with E-state index in [9.17, 15) is 0 Å². The molecular formula is C18H35N. The smallest absolute Gasteiger partial charge is 0.00179 e. The molecule has 0 amide bonds. The molecule has 0 aromatic carbocycles. The molecule has 0 heterocycles. The average molecular weight is 265 g/mol. The Morgan fingerprint density at radius 3 is 2.58 bits per heavy atom. The second kappa shape index (κ2) is 11.5. The number of unbranched alkanes of at least 4 members (excludes halogenated alkanes) is 3. The van der Waals surface area contributed by atoms with Gasteiger partial charge in [-0.1, -0.05) is 57.9 Å². The lowest BCUT2D eigenvalue weighted by atomic mass is 9.84. The Morgan fingerprint density at radius 1 is 1.05 bits per heavy atom. The molecule has 1 fully saturated rings. The molecule has 0 radical (unpaired) electrons. The Hall–Kier alpha value is -0.300. The summed E-state index contributed by atoms with van der Waals surface area (Å²) in [6.07, 6.45) is 17.5. The van der Waals surface area contributed by atoms with E-state index in [1.165, 1.54) is 83.7 Å². The van der Waals surface area contributed by atoms with Crippen LogP contribution in [-0.4, -0.2) is 13.1 Å². The van der Waals surface area contributed by atoms with Crippen LogP contribution in [0, 0.1) is 11.8 Å². The van der Waals surface area contributed by atoms with Gasteiger partial charge in [0, 0.05) is 0 Å². The zero-order valence-corrected chi connectivity index (χ0v) is 13.1. The molecule has 112 valence electrons. The monoisotopic (exact) mass is 265 g/mol. The molecule has 1 saturated carbocycles. The number of nitrogens with one attached hydrogen (secondary N) is 1. The molecule has 1 rings (SSSR count). The molecule has 1 aliphatic carbocycles. The summed E-state index contributed by atoms with van der Waals surface area (Å²) < 4.78 is 0. The van der Waals surface area contributed by atoms with Crippen molar-refractivity contribution in [3.05, 3.63) is 12.7 Å². The molecule has 19 heavy (non-hydrogen) atoms. The zero-order chi connectivity index (χ0) is 13.8. The highest BCUT2D eigenvalue weighted by atomic mass is 14.9. The van der Waals surface area contributed by atoms with Crippen molar-refractivity contribution in [2.75, 3.05) is 13.1 Å². The third-order valence-electron chi connectivity index (χ3n) is 4.63. The Balaban J connectivity index is 2.24. The van der Waals surface area contributed by atoms with Crippen LogP contribution in [0.3, 0.4) is 0 Å². The molecule has 0 aromatic rings. The minimum atomic E-state index is 0.952. The van der Waals surface area contributed by atoms with E-state index in [2.05, 4.69) is 24.9 Å². The summed E-state index contributed by atoms with van der Waals surface area (Å²) in [5.74, 6) is 1.95. The van der Waals surface area contributed by atoms with Crippen LogP contribution in [-0.2, 0) is 0 Å². The fourth-order valence-electron chi connectivity index (χ4n) is 3.45. The van der Waals surface area contributed by atoms with Gasteiger partial charge >= 0.3 is 0 Å². The highest BCUT2D eigenvalue weighted by Gasteiger charge is 2.22. The number of hydrogen-bond donors (Lipinski definition) is 1. The Morgan fingerprint density at radius 2 is 1.84 bits per heavy atom. The summed E-state index contributed by atoms with van der Waals surface area (Å²) in [6.45, 7) is 8.53. The van der Waals surface area contributed by atoms with Crippen molar-refractivity contribution in [3.63, 3.8) is 0 Å². The van der Waals surface area contributed by atoms with E-state index in [4.69, 9.17) is 0 Å². The molecule has 0 spiro atoms. The van der Waals surface area contributed by atoms with Crippen LogP contribution < -0.4 is 5.32 Å². The molecule has 2 unspecified atom stereocenters. The summed E-state index contributed by atoms with van der Waals surface area (Å²) in [4.78, 5) is 0. The van der Waals surface area contributed by atoms with Crippen LogP contribution in [0.15, 0.2) is 12.7 Å². The Kier molecular flexibility index (Phi) is 10.2. The van der Waals surface area contributed by atoms with Crippen molar-refractivity contribution in [2.24, 2.45) is 11.8 Å². The van der Waals surface area contributed by atoms with Gasteiger partial charge in [0.2, 0.25) is 0 Å². The molecule has 0 saturated heterocycles. The minimum absolute atomic E-state index is 0.952. The van der Waals surface area contributed by atoms with E-state index >= 15 is 0 Å². The second-order valence-corrected chi connectivity index (χ2v) is 6.29. The summed E-state index contributed by atoms with van der Waals surface area (Å²) in [5, 5.41) is 3.66. The van der Waals surface area contributed by atoms with Crippen LogP contribution in [0.25, 0.3) is 0 Å². The standard InChI is InChI=1S/C18H35N/c1-3-5-6-7-9-12-17-13-10-8-11-14-18(17)16-19-15-4-2/h3,17-19H,1,4-16H2,2H3. The molecule has 0 bridgehead atoms. The van der Waals surface area contributed by atoms with Crippen LogP contribution >= 0.6 is 0 Å². The zero-order valence-electron chi connectivity index (χ0n) is 13.1. The van der Waals surface area contributed by atoms with Crippen LogP contribution in [0.5, 0.6) is 0 Å². The molecule has 1 nitrogen and oxygen atoms in total. The predicted molar refractivity (Wildman–Crippen MR) is 86.5 cm³/mol. The van der Waals surface area contributed by atoms with Crippen molar-refractivity contribution in [1.82, 2.24) is 5.32 Å². The quantitative estimate of drug-likeness (QED) is 0.320. The Labute approximate surface area is 121 Å². The maximum Gasteiger partial charge on any atom is -0.00179 e. The van der Waals surface area contributed by atoms with E-state index in [1.807, 2.05) is 0 Å². The van der Waals surface area contributed by atoms with Gasteiger partial charge in [-0.25, -0.2) is 0 Å². The SMILES string of the molecule is C=CCCCCCC1CCCCCC1CNCCC. The van der Waals surface area contributed by atoms with Crippen LogP contribution in [0.4, 0.5) is 0 Å². The predicted octanol–water partition coefficient (Wildman–Crippen LogP) is 5.32. The van der Waals surface area contributed by atoms with Gasteiger partial charge in [0.25, 0.3) is 0 Å². The summed E-state index contributed by atoms with van der Waals surface area (Å²) >= 11 is 0. The number of rotatable bonds is 10. The Bertz CT molecular complexity index is 212. The number of hydrogen-bond acceptors (Lipinski definition) is 1. The fourth-order valence-corrected chi connectivity index (χ4v) is 3.45. The van der Waals surface area contributed by atoms with Crippen molar-refractivity contribution in [1.29, 1.82) is 0 Å². The van der Waals surface area contributed by atoms with Crippen molar-refractivity contribution >= 4 is 0 Å². The van der Waals surface area contributed by atoms with Gasteiger partial charge in [-0.05, 0) is 50.6 Å². The largest absolute Gasteiger partial charge is 0.316 e. The van der Waals surface area contributed by atoms with E-state index in [1.54, 1.807) is 0 Å². The third-order valence-corrected chi connectivity index (χ3v) is 4.63. The molecular weight excluding hydrogens is 230 g/mol. The molecule has 2 atom stereocenters. The van der Waals surface area contributed by atoms with Gasteiger partial charge in [0.05, 0.1) is 0 Å². The number of allylic oxidation sites excluding steroid dienone is 1. The van der Waals surface area contributed by atoms with Crippen LogP contribution in [0.1, 0.15) is 77.6 Å². The first-order valence-electron chi connectivity index (χ1n) is 8.70. The van der Waals surface area contributed by atoms with E-state index in [-0.39, 0.29) is 0 Å². The lowest BCUT2D eigenvalue weighted by Gasteiger charge is -2.25. The maximum atomic E-state index is 3.81. The van der Waals surface area contributed by atoms with Crippen molar-refractivity contribution in [3.8, 4) is 0 Å². The normalized spacial score (nSPS) is 24.1. The molecule has 1 aliphatic rings. The first-order chi connectivity index (χ1) is 9.38. The summed E-state index contributed by atoms with van der Waals surface area (Å²) in [6, 6.07) is 0. The molecule has 1 heteroatoms. The summed E-state index contributed by atoms with van der Waals surface area (Å²) in [7, 11) is 0. The highest BCUT2D eigenvalue weighted by molar-refractivity contribution is 4.76. The van der Waals surface area contributed by atoms with Crippen molar-refractivity contribution in [2.45, 2.75) is 77.6 Å². The topological polar surface area (TPSA) is 12.0 Å². The second-order valence-electron chi connectivity index (χ2n) is 6.29. The first kappa shape index (κ1) is 16.8. The van der Waals surface area contributed by atoms with Gasteiger partial charge in [-0.2, -0.15) is 0 Å².